The van der Waals surface area contributed by atoms with Crippen molar-refractivity contribution in [3.8, 4) is 17.2 Å². The van der Waals surface area contributed by atoms with Crippen molar-refractivity contribution in [1.29, 1.82) is 0 Å². The lowest BCUT2D eigenvalue weighted by Crippen LogP contribution is -2.42. The number of hydrogen-bond acceptors (Lipinski definition) is 7. The molecule has 190 valence electrons. The quantitative estimate of drug-likeness (QED) is 0.445. The van der Waals surface area contributed by atoms with Crippen molar-refractivity contribution in [3.63, 3.8) is 0 Å². The highest BCUT2D eigenvalue weighted by Gasteiger charge is 2.38. The topological polar surface area (TPSA) is 71.7 Å². The van der Waals surface area contributed by atoms with Gasteiger partial charge in [0.1, 0.15) is 17.4 Å². The number of benzene rings is 2. The van der Waals surface area contributed by atoms with Gasteiger partial charge in [0.2, 0.25) is 5.89 Å². The normalized spacial score (nSPS) is 16.1. The lowest BCUT2D eigenvalue weighted by Gasteiger charge is -2.37. The molecule has 0 bridgehead atoms. The standard InChI is InChI=1S/C24H22F4N4O3S/c1-15(31-7-10-36(33)11-8-31)32(19-4-5-21-16(12-19)6-9-34-21)14-18-3-2-17(13-20(18)25)22-29-30-23(35-22)24(26,27)28/h2-5,12-13H,1,6-11,14H2. The van der Waals surface area contributed by atoms with Crippen LogP contribution in [-0.2, 0) is 29.9 Å². The second kappa shape index (κ2) is 9.57. The maximum absolute atomic E-state index is 15.2. The molecule has 2 aliphatic heterocycles. The van der Waals surface area contributed by atoms with Crippen LogP contribution in [0.3, 0.4) is 0 Å². The fraction of sp³-hybridized carbons (Fsp3) is 0.333. The highest BCUT2D eigenvalue weighted by molar-refractivity contribution is 7.85. The van der Waals surface area contributed by atoms with Gasteiger partial charge >= 0.3 is 12.1 Å². The Morgan fingerprint density at radius 1 is 1.14 bits per heavy atom. The van der Waals surface area contributed by atoms with Gasteiger partial charge in [-0.05, 0) is 35.9 Å². The van der Waals surface area contributed by atoms with Crippen molar-refractivity contribution in [2.45, 2.75) is 19.1 Å². The van der Waals surface area contributed by atoms with Gasteiger partial charge in [-0.2, -0.15) is 13.2 Å². The summed E-state index contributed by atoms with van der Waals surface area (Å²) in [6.45, 7) is 6.09. The summed E-state index contributed by atoms with van der Waals surface area (Å²) in [4.78, 5) is 3.90. The van der Waals surface area contributed by atoms with Gasteiger partial charge in [0.25, 0.3) is 0 Å². The smallest absolute Gasteiger partial charge is 0.470 e. The van der Waals surface area contributed by atoms with Crippen molar-refractivity contribution < 1.29 is 30.9 Å². The second-order valence-corrected chi connectivity index (χ2v) is 10.1. The van der Waals surface area contributed by atoms with Gasteiger partial charge in [0.05, 0.1) is 13.2 Å². The van der Waals surface area contributed by atoms with Crippen LogP contribution in [0.15, 0.2) is 53.2 Å². The molecule has 0 atom stereocenters. The molecule has 5 rings (SSSR count). The first-order valence-corrected chi connectivity index (χ1v) is 12.7. The molecule has 7 nitrogen and oxygen atoms in total. The van der Waals surface area contributed by atoms with E-state index in [0.717, 1.165) is 29.5 Å². The van der Waals surface area contributed by atoms with Crippen LogP contribution in [0, 0.1) is 5.82 Å². The summed E-state index contributed by atoms with van der Waals surface area (Å²) < 4.78 is 75.6. The van der Waals surface area contributed by atoms with Crippen molar-refractivity contribution in [3.05, 3.63) is 71.6 Å². The van der Waals surface area contributed by atoms with Gasteiger partial charge in [-0.15, -0.1) is 10.2 Å². The Hall–Kier alpha value is -3.41. The lowest BCUT2D eigenvalue weighted by molar-refractivity contribution is -0.156. The van der Waals surface area contributed by atoms with E-state index < -0.39 is 34.6 Å². The zero-order chi connectivity index (χ0) is 25.4. The first-order valence-electron chi connectivity index (χ1n) is 11.2. The molecule has 0 spiro atoms. The third-order valence-electron chi connectivity index (χ3n) is 6.14. The summed E-state index contributed by atoms with van der Waals surface area (Å²) in [6, 6.07) is 9.72. The minimum absolute atomic E-state index is 0.0396. The van der Waals surface area contributed by atoms with Crippen LogP contribution in [-0.4, -0.2) is 50.5 Å². The molecule has 3 aromatic rings. The molecule has 0 unspecified atom stereocenters. The Balaban J connectivity index is 1.43. The predicted octanol–water partition coefficient (Wildman–Crippen LogP) is 4.37. The summed E-state index contributed by atoms with van der Waals surface area (Å²) in [5.74, 6) is -0.0506. The monoisotopic (exact) mass is 522 g/mol. The van der Waals surface area contributed by atoms with Gasteiger partial charge in [-0.3, -0.25) is 4.21 Å². The molecule has 0 N–H and O–H groups in total. The summed E-state index contributed by atoms with van der Waals surface area (Å²) in [5, 5.41) is 6.38. The van der Waals surface area contributed by atoms with Crippen LogP contribution in [0.1, 0.15) is 17.0 Å². The molecule has 36 heavy (non-hydrogen) atoms. The van der Waals surface area contributed by atoms with Crippen LogP contribution in [0.25, 0.3) is 11.5 Å². The third kappa shape index (κ3) is 4.95. The first-order chi connectivity index (χ1) is 17.2. The average Bonchev–Trinajstić information content (AvgIpc) is 3.53. The van der Waals surface area contributed by atoms with Crippen molar-refractivity contribution >= 4 is 16.5 Å². The summed E-state index contributed by atoms with van der Waals surface area (Å²) in [5.41, 5.74) is 2.18. The largest absolute Gasteiger partial charge is 0.493 e. The Morgan fingerprint density at radius 3 is 2.61 bits per heavy atom. The molecule has 12 heteroatoms. The number of rotatable bonds is 6. The predicted molar refractivity (Wildman–Crippen MR) is 125 cm³/mol. The number of aromatic nitrogens is 2. The van der Waals surface area contributed by atoms with Crippen LogP contribution in [0.2, 0.25) is 0 Å². The zero-order valence-electron chi connectivity index (χ0n) is 19.1. The highest BCUT2D eigenvalue weighted by atomic mass is 32.2. The second-order valence-electron chi connectivity index (χ2n) is 8.44. The third-order valence-corrected chi connectivity index (χ3v) is 7.41. The summed E-state index contributed by atoms with van der Waals surface area (Å²) >= 11 is 0. The van der Waals surface area contributed by atoms with Crippen LogP contribution < -0.4 is 9.64 Å². The SMILES string of the molecule is C=C(N1CCS(=O)CC1)N(Cc1ccc(-c2nnc(C(F)(F)F)o2)cc1F)c1ccc2c(c1)CCO2. The van der Waals surface area contributed by atoms with Crippen molar-refractivity contribution in [2.24, 2.45) is 0 Å². The molecule has 0 aliphatic carbocycles. The zero-order valence-corrected chi connectivity index (χ0v) is 19.9. The summed E-state index contributed by atoms with van der Waals surface area (Å²) in [7, 11) is -0.870. The Kier molecular flexibility index (Phi) is 6.45. The molecule has 2 aromatic carbocycles. The van der Waals surface area contributed by atoms with E-state index in [1.54, 1.807) is 0 Å². The number of ether oxygens (including phenoxy) is 1. The number of hydrogen-bond donors (Lipinski definition) is 0. The van der Waals surface area contributed by atoms with Crippen molar-refractivity contribution in [1.82, 2.24) is 15.1 Å². The fourth-order valence-corrected chi connectivity index (χ4v) is 5.22. The van der Waals surface area contributed by atoms with E-state index in [9.17, 15) is 17.4 Å². The van der Waals surface area contributed by atoms with Crippen LogP contribution in [0.5, 0.6) is 5.75 Å². The molecule has 2 aliphatic rings. The molecule has 1 fully saturated rings. The van der Waals surface area contributed by atoms with E-state index in [2.05, 4.69) is 21.2 Å². The van der Waals surface area contributed by atoms with E-state index in [1.165, 1.54) is 12.1 Å². The number of anilines is 1. The molecule has 0 radical (unpaired) electrons. The molecule has 1 saturated heterocycles. The minimum Gasteiger partial charge on any atom is -0.493 e. The van der Waals surface area contributed by atoms with E-state index >= 15 is 4.39 Å². The average molecular weight is 523 g/mol. The van der Waals surface area contributed by atoms with Gasteiger partial charge in [0, 0.05) is 58.6 Å². The maximum Gasteiger partial charge on any atom is 0.470 e. The van der Waals surface area contributed by atoms with Crippen LogP contribution in [0.4, 0.5) is 23.2 Å². The Labute approximate surface area is 206 Å². The number of halogens is 4. The van der Waals surface area contributed by atoms with Gasteiger partial charge in [0.15, 0.2) is 0 Å². The number of alkyl halides is 3. The van der Waals surface area contributed by atoms with E-state index in [-0.39, 0.29) is 12.1 Å². The molecular weight excluding hydrogens is 500 g/mol. The number of fused-ring (bicyclic) bond motifs is 1. The fourth-order valence-electron chi connectivity index (χ4n) is 4.17. The van der Waals surface area contributed by atoms with Gasteiger partial charge in [-0.1, -0.05) is 12.6 Å². The molecule has 0 saturated carbocycles. The minimum atomic E-state index is -4.79. The van der Waals surface area contributed by atoms with E-state index in [1.807, 2.05) is 28.0 Å². The highest BCUT2D eigenvalue weighted by Crippen LogP contribution is 2.34. The Bertz CT molecular complexity index is 1320. The molecule has 3 heterocycles. The molecule has 1 aromatic heterocycles. The van der Waals surface area contributed by atoms with E-state index in [4.69, 9.17) is 4.74 Å². The summed E-state index contributed by atoms with van der Waals surface area (Å²) in [6.07, 6.45) is -4.02. The molecule has 0 amide bonds. The Morgan fingerprint density at radius 2 is 1.92 bits per heavy atom. The van der Waals surface area contributed by atoms with Crippen molar-refractivity contribution in [2.75, 3.05) is 36.1 Å². The van der Waals surface area contributed by atoms with Crippen LogP contribution >= 0.6 is 0 Å². The number of nitrogens with zero attached hydrogens (tertiary/aromatic N) is 4. The van der Waals surface area contributed by atoms with Gasteiger partial charge < -0.3 is 19.0 Å². The van der Waals surface area contributed by atoms with Gasteiger partial charge in [-0.25, -0.2) is 4.39 Å². The van der Waals surface area contributed by atoms with E-state index in [0.29, 0.717) is 42.6 Å². The first kappa shape index (κ1) is 24.3. The maximum atomic E-state index is 15.2. The molecular formula is C24H22F4N4O3S. The lowest BCUT2D eigenvalue weighted by atomic mass is 10.1.